The Morgan fingerprint density at radius 2 is 1.48 bits per heavy atom. The standard InChI is InChI=1S/C23H34N2O3S/c26-23(24-16-8-3-9-17-24)20-14-15-22(19-10-4-1-5-11-19)25(18-20)29(27,28)21-12-6-2-7-13-21/h2,6-7,12-13,19-20,22H,1,3-5,8-11,14-18H2. The molecule has 4 rings (SSSR count). The van der Waals surface area contributed by atoms with E-state index in [-0.39, 0.29) is 17.9 Å². The van der Waals surface area contributed by atoms with E-state index in [0.29, 0.717) is 17.4 Å². The van der Waals surface area contributed by atoms with E-state index < -0.39 is 10.0 Å². The van der Waals surface area contributed by atoms with Gasteiger partial charge >= 0.3 is 0 Å². The number of carbonyl (C=O) groups excluding carboxylic acids is 1. The highest BCUT2D eigenvalue weighted by Gasteiger charge is 2.43. The third kappa shape index (κ3) is 4.53. The zero-order valence-electron chi connectivity index (χ0n) is 17.3. The van der Waals surface area contributed by atoms with Crippen LogP contribution >= 0.6 is 0 Å². The summed E-state index contributed by atoms with van der Waals surface area (Å²) in [5.74, 6) is 0.389. The highest BCUT2D eigenvalue weighted by atomic mass is 32.2. The number of amides is 1. The Bertz CT molecular complexity index is 784. The van der Waals surface area contributed by atoms with Gasteiger partial charge in [-0.05, 0) is 63.0 Å². The molecule has 160 valence electrons. The summed E-state index contributed by atoms with van der Waals surface area (Å²) in [4.78, 5) is 15.5. The molecule has 1 amide bonds. The molecule has 0 spiro atoms. The molecule has 3 aliphatic rings. The molecule has 0 bridgehead atoms. The first-order valence-corrected chi connectivity index (χ1v) is 12.9. The van der Waals surface area contributed by atoms with Gasteiger partial charge < -0.3 is 4.90 Å². The fourth-order valence-corrected chi connectivity index (χ4v) is 7.31. The van der Waals surface area contributed by atoms with Gasteiger partial charge in [0.2, 0.25) is 15.9 Å². The lowest BCUT2D eigenvalue weighted by atomic mass is 9.79. The van der Waals surface area contributed by atoms with Crippen LogP contribution in [0.1, 0.15) is 64.2 Å². The molecular formula is C23H34N2O3S. The fourth-order valence-electron chi connectivity index (χ4n) is 5.53. The molecule has 2 aliphatic heterocycles. The van der Waals surface area contributed by atoms with Crippen molar-refractivity contribution >= 4 is 15.9 Å². The smallest absolute Gasteiger partial charge is 0.243 e. The van der Waals surface area contributed by atoms with Crippen LogP contribution in [0, 0.1) is 11.8 Å². The molecule has 1 aromatic carbocycles. The number of hydrogen-bond acceptors (Lipinski definition) is 3. The molecule has 0 radical (unpaired) electrons. The van der Waals surface area contributed by atoms with Gasteiger partial charge in [-0.3, -0.25) is 4.79 Å². The summed E-state index contributed by atoms with van der Waals surface area (Å²) in [6.45, 7) is 1.99. The van der Waals surface area contributed by atoms with Crippen molar-refractivity contribution in [1.82, 2.24) is 9.21 Å². The molecule has 1 aliphatic carbocycles. The number of rotatable bonds is 4. The maximum atomic E-state index is 13.6. The molecule has 2 unspecified atom stereocenters. The molecule has 0 aromatic heterocycles. The SMILES string of the molecule is O=C(C1CCC(C2CCCCC2)N(S(=O)(=O)c2ccccc2)C1)N1CCCCC1. The number of hydrogen-bond donors (Lipinski definition) is 0. The number of benzene rings is 1. The first-order valence-electron chi connectivity index (χ1n) is 11.4. The van der Waals surface area contributed by atoms with E-state index in [0.717, 1.165) is 51.6 Å². The van der Waals surface area contributed by atoms with Gasteiger partial charge in [0, 0.05) is 25.7 Å². The van der Waals surface area contributed by atoms with E-state index in [4.69, 9.17) is 0 Å². The van der Waals surface area contributed by atoms with E-state index in [2.05, 4.69) is 0 Å². The summed E-state index contributed by atoms with van der Waals surface area (Å²) >= 11 is 0. The highest BCUT2D eigenvalue weighted by Crippen LogP contribution is 2.38. The van der Waals surface area contributed by atoms with E-state index in [1.165, 1.54) is 25.7 Å². The summed E-state index contributed by atoms with van der Waals surface area (Å²) in [5.41, 5.74) is 0. The van der Waals surface area contributed by atoms with E-state index in [1.807, 2.05) is 11.0 Å². The zero-order chi connectivity index (χ0) is 20.3. The first kappa shape index (κ1) is 20.9. The highest BCUT2D eigenvalue weighted by molar-refractivity contribution is 7.89. The maximum absolute atomic E-state index is 13.6. The van der Waals surface area contributed by atoms with Crippen LogP contribution in [0.4, 0.5) is 0 Å². The molecule has 1 saturated carbocycles. The summed E-state index contributed by atoms with van der Waals surface area (Å²) in [5, 5.41) is 0. The van der Waals surface area contributed by atoms with Crippen molar-refractivity contribution < 1.29 is 13.2 Å². The molecule has 1 aromatic rings. The van der Waals surface area contributed by atoms with Crippen molar-refractivity contribution in [3.63, 3.8) is 0 Å². The molecule has 2 saturated heterocycles. The van der Waals surface area contributed by atoms with E-state index in [1.54, 1.807) is 28.6 Å². The molecule has 2 heterocycles. The third-order valence-corrected chi connectivity index (χ3v) is 9.05. The van der Waals surface area contributed by atoms with Crippen molar-refractivity contribution in [3.05, 3.63) is 30.3 Å². The van der Waals surface area contributed by atoms with Gasteiger partial charge in [0.05, 0.1) is 10.8 Å². The second-order valence-corrected chi connectivity index (χ2v) is 10.9. The zero-order valence-corrected chi connectivity index (χ0v) is 18.2. The Kier molecular flexibility index (Phi) is 6.60. The molecule has 3 fully saturated rings. The summed E-state index contributed by atoms with van der Waals surface area (Å²) in [6.07, 6.45) is 10.8. The van der Waals surface area contributed by atoms with Crippen molar-refractivity contribution in [3.8, 4) is 0 Å². The van der Waals surface area contributed by atoms with Crippen molar-refractivity contribution in [2.24, 2.45) is 11.8 Å². The summed E-state index contributed by atoms with van der Waals surface area (Å²) in [6, 6.07) is 8.81. The number of sulfonamides is 1. The van der Waals surface area contributed by atoms with Crippen LogP contribution in [0.15, 0.2) is 35.2 Å². The van der Waals surface area contributed by atoms with Gasteiger partial charge in [-0.25, -0.2) is 8.42 Å². The molecule has 0 N–H and O–H groups in total. The molecule has 6 heteroatoms. The lowest BCUT2D eigenvalue weighted by Gasteiger charge is -2.44. The predicted molar refractivity (Wildman–Crippen MR) is 114 cm³/mol. The summed E-state index contributed by atoms with van der Waals surface area (Å²) < 4.78 is 28.9. The molecule has 29 heavy (non-hydrogen) atoms. The van der Waals surface area contributed by atoms with Crippen molar-refractivity contribution in [2.75, 3.05) is 19.6 Å². The number of piperidine rings is 2. The van der Waals surface area contributed by atoms with Gasteiger partial charge in [-0.15, -0.1) is 0 Å². The largest absolute Gasteiger partial charge is 0.342 e. The minimum atomic E-state index is -3.60. The Hall–Kier alpha value is -1.40. The van der Waals surface area contributed by atoms with Crippen molar-refractivity contribution in [1.29, 1.82) is 0 Å². The molecule has 2 atom stereocenters. The second kappa shape index (κ2) is 9.17. The first-order chi connectivity index (χ1) is 14.1. The van der Waals surface area contributed by atoms with E-state index >= 15 is 0 Å². The molecular weight excluding hydrogens is 384 g/mol. The molecule has 5 nitrogen and oxygen atoms in total. The van der Waals surface area contributed by atoms with Crippen LogP contribution in [0.3, 0.4) is 0 Å². The van der Waals surface area contributed by atoms with Crippen LogP contribution in [0.5, 0.6) is 0 Å². The maximum Gasteiger partial charge on any atom is 0.243 e. The van der Waals surface area contributed by atoms with Crippen LogP contribution in [0.2, 0.25) is 0 Å². The minimum absolute atomic E-state index is 0.0333. The average Bonchev–Trinajstić information content (AvgIpc) is 2.80. The lowest BCUT2D eigenvalue weighted by molar-refractivity contribution is -0.138. The number of nitrogens with zero attached hydrogens (tertiary/aromatic N) is 2. The minimum Gasteiger partial charge on any atom is -0.342 e. The van der Waals surface area contributed by atoms with Crippen LogP contribution < -0.4 is 0 Å². The van der Waals surface area contributed by atoms with Crippen LogP contribution in [-0.2, 0) is 14.8 Å². The van der Waals surface area contributed by atoms with Crippen LogP contribution in [-0.4, -0.2) is 49.2 Å². The Morgan fingerprint density at radius 1 is 0.828 bits per heavy atom. The monoisotopic (exact) mass is 418 g/mol. The second-order valence-electron chi connectivity index (χ2n) is 9.01. The number of carbonyl (C=O) groups is 1. The third-order valence-electron chi connectivity index (χ3n) is 7.14. The normalized spacial score (nSPS) is 27.7. The van der Waals surface area contributed by atoms with Crippen LogP contribution in [0.25, 0.3) is 0 Å². The number of likely N-dealkylation sites (tertiary alicyclic amines) is 1. The predicted octanol–water partition coefficient (Wildman–Crippen LogP) is 4.05. The van der Waals surface area contributed by atoms with Gasteiger partial charge in [0.1, 0.15) is 0 Å². The average molecular weight is 419 g/mol. The summed E-state index contributed by atoms with van der Waals surface area (Å²) in [7, 11) is -3.60. The Labute approximate surface area is 175 Å². The quantitative estimate of drug-likeness (QED) is 0.741. The van der Waals surface area contributed by atoms with Gasteiger partial charge in [0.25, 0.3) is 0 Å². The van der Waals surface area contributed by atoms with E-state index in [9.17, 15) is 13.2 Å². The van der Waals surface area contributed by atoms with Gasteiger partial charge in [0.15, 0.2) is 0 Å². The van der Waals surface area contributed by atoms with Gasteiger partial charge in [-0.1, -0.05) is 37.5 Å². The van der Waals surface area contributed by atoms with Crippen molar-refractivity contribution in [2.45, 2.75) is 75.1 Å². The topological polar surface area (TPSA) is 57.7 Å². The fraction of sp³-hybridized carbons (Fsp3) is 0.696. The Balaban J connectivity index is 1.58. The lowest BCUT2D eigenvalue weighted by Crippen LogP contribution is -2.54. The van der Waals surface area contributed by atoms with Gasteiger partial charge in [-0.2, -0.15) is 4.31 Å². The Morgan fingerprint density at radius 3 is 2.17 bits per heavy atom.